The maximum Gasteiger partial charge on any atom is 1.00 e. The zero-order valence-corrected chi connectivity index (χ0v) is 46.0. The summed E-state index contributed by atoms with van der Waals surface area (Å²) in [6.07, 6.45) is 1.27. The Labute approximate surface area is 421 Å². The van der Waals surface area contributed by atoms with Gasteiger partial charge in [0.2, 0.25) is 0 Å². The molecule has 2 aliphatic rings. The van der Waals surface area contributed by atoms with E-state index >= 15 is 0 Å². The number of alkyl carbamates (subject to hydrolysis) is 2. The fraction of sp³-hybridized carbons (Fsp3) is 0.550. The summed E-state index contributed by atoms with van der Waals surface area (Å²) in [6, 6.07) is 15.6. The maximum atomic E-state index is 12.0. The fourth-order valence-corrected chi connectivity index (χ4v) is 5.22. The minimum atomic E-state index is -0.750. The zero-order chi connectivity index (χ0) is 40.0. The Hall–Kier alpha value is 0.741. The van der Waals surface area contributed by atoms with E-state index in [0.717, 1.165) is 38.5 Å². The van der Waals surface area contributed by atoms with Gasteiger partial charge in [0.05, 0.1) is 11.1 Å². The van der Waals surface area contributed by atoms with Crippen LogP contribution in [0.3, 0.4) is 0 Å². The third-order valence-electron chi connectivity index (χ3n) is 6.38. The second kappa shape index (κ2) is 27.5. The van der Waals surface area contributed by atoms with E-state index in [2.05, 4.69) is 85.5 Å². The summed E-state index contributed by atoms with van der Waals surface area (Å²) in [7, 11) is 0. The second-order valence-electron chi connectivity index (χ2n) is 15.4. The largest absolute Gasteiger partial charge is 1.00 e. The van der Waals surface area contributed by atoms with Gasteiger partial charge in [-0.25, -0.2) is 9.59 Å². The van der Waals surface area contributed by atoms with Crippen LogP contribution < -0.4 is 84.1 Å². The van der Waals surface area contributed by atoms with Gasteiger partial charge in [0.1, 0.15) is 17.0 Å². The predicted molar refractivity (Wildman–Crippen MR) is 223 cm³/mol. The molecule has 14 heteroatoms. The Bertz CT molecular complexity index is 1300. The van der Waals surface area contributed by atoms with Gasteiger partial charge in [-0.2, -0.15) is 13.8 Å². The van der Waals surface area contributed by atoms with Crippen LogP contribution in [0.2, 0.25) is 0 Å². The van der Waals surface area contributed by atoms with Gasteiger partial charge in [-0.3, -0.25) is 8.72 Å². The first-order valence-electron chi connectivity index (χ1n) is 17.0. The molecular formula is C40H59Br3IKN2O6V-2. The molecule has 2 N–H and O–H groups in total. The Morgan fingerprint density at radius 3 is 1.19 bits per heavy atom. The van der Waals surface area contributed by atoms with Crippen LogP contribution >= 0.6 is 54.5 Å². The van der Waals surface area contributed by atoms with E-state index in [1.165, 1.54) is 3.92 Å². The molecule has 0 heterocycles. The Kier molecular flexibility index (Phi) is 31.3. The van der Waals surface area contributed by atoms with Crippen molar-refractivity contribution in [1.29, 1.82) is 0 Å². The normalized spacial score (nSPS) is 14.7. The van der Waals surface area contributed by atoms with Crippen molar-refractivity contribution in [1.82, 2.24) is 10.6 Å². The molecule has 0 spiro atoms. The summed E-state index contributed by atoms with van der Waals surface area (Å²) in [4.78, 5) is 35.4. The Balaban J connectivity index is -0.000000349. The first-order valence-corrected chi connectivity index (χ1v) is 19.7. The average Bonchev–Trinajstić information content (AvgIpc) is 2.90. The number of ether oxygens (including phenoxy) is 2. The minimum absolute atomic E-state index is 0. The number of hydrogen-bond donors (Lipinski definition) is 2. The van der Waals surface area contributed by atoms with Crippen LogP contribution in [-0.4, -0.2) is 34.8 Å². The van der Waals surface area contributed by atoms with E-state index in [0.29, 0.717) is 12.8 Å². The van der Waals surface area contributed by atoms with Crippen molar-refractivity contribution in [2.75, 3.05) is 0 Å². The van der Waals surface area contributed by atoms with E-state index in [1.54, 1.807) is 20.8 Å². The van der Waals surface area contributed by atoms with Gasteiger partial charge in [-0.05, 0) is 89.8 Å². The summed E-state index contributed by atoms with van der Waals surface area (Å²) >= 11 is 9.06. The molecule has 1 radical (unpaired) electrons. The summed E-state index contributed by atoms with van der Waals surface area (Å²) < 4.78 is 14.0. The van der Waals surface area contributed by atoms with Gasteiger partial charge in [-0.1, -0.05) is 103 Å². The van der Waals surface area contributed by atoms with Gasteiger partial charge in [0, 0.05) is 40.3 Å². The number of ketones is 1. The third-order valence-corrected chi connectivity index (χ3v) is 7.43. The second-order valence-corrected chi connectivity index (χ2v) is 19.4. The summed E-state index contributed by atoms with van der Waals surface area (Å²) in [6.45, 7) is 28.0. The van der Waals surface area contributed by atoms with Crippen LogP contribution in [0.15, 0.2) is 69.6 Å². The van der Waals surface area contributed by atoms with Crippen LogP contribution in [0.1, 0.15) is 127 Å². The molecule has 301 valence electrons. The molecule has 0 aliphatic heterocycles. The van der Waals surface area contributed by atoms with Crippen molar-refractivity contribution in [2.45, 2.75) is 144 Å². The first kappa shape index (κ1) is 61.4. The molecule has 0 atom stereocenters. The van der Waals surface area contributed by atoms with Gasteiger partial charge < -0.3 is 64.8 Å². The molecule has 2 aliphatic carbocycles. The molecule has 8 nitrogen and oxygen atoms in total. The van der Waals surface area contributed by atoms with Crippen molar-refractivity contribution in [3.8, 4) is 0 Å². The number of nitrogens with one attached hydrogen (secondary N) is 2. The number of carbonyl (C=O) groups excluding carboxylic acids is 3. The SMILES string of the molecule is C=C1CC(NC(=O)OC(C)(C)C)(c2ccc(Br)cc2)C1.CC.CC(C)(C)OC(=O)NC1(c2ccc(Br)cc2)CC(=O)C1.CC(C)(C)[O-].C[C-](C)I.[Br-].[K+].[V]. The molecule has 2 amide bonds. The number of rotatable bonds is 4. The molecule has 0 aromatic heterocycles. The Morgan fingerprint density at radius 1 is 0.741 bits per heavy atom. The van der Waals surface area contributed by atoms with Crippen LogP contribution in [0, 0.1) is 3.92 Å². The van der Waals surface area contributed by atoms with Crippen LogP contribution in [-0.2, 0) is 43.9 Å². The molecule has 0 saturated heterocycles. The molecule has 0 bridgehead atoms. The number of hydrogen-bond acceptors (Lipinski definition) is 6. The van der Waals surface area contributed by atoms with Crippen molar-refractivity contribution < 1.29 is 116 Å². The molecule has 2 fully saturated rings. The molecule has 2 aromatic rings. The molecule has 2 aromatic carbocycles. The number of amides is 2. The summed E-state index contributed by atoms with van der Waals surface area (Å²) in [5.74, 6) is 0.143. The zero-order valence-electron chi connectivity index (χ0n) is 34.6. The molecule has 4 rings (SSSR count). The van der Waals surface area contributed by atoms with Gasteiger partial charge in [0.15, 0.2) is 0 Å². The standard InChI is InChI=1S/C16H20BrNO2.C15H18BrNO3.C4H9O.C3H6I.C2H6.BrH.K.V/c1-11-9-16(10-11,12-5-7-13(17)8-6-12)18-14(19)20-15(2,3)4;1-14(2,3)20-13(19)17-15(8-12(18)9-15)10-4-6-11(16)7-5-10;1-4(2,3)5;1-3(2)4;1-2;;;/h5-8H,1,9-10H2,2-4H3,(H,18,19);4-7H,8-9H2,1-3H3,(H,17,19);1-3H3;1-2H3;1-2H3;1H;;/q;;2*-1;;;+1;/p-1. The molecule has 2 saturated carbocycles. The van der Waals surface area contributed by atoms with E-state index in [-0.39, 0.29) is 104 Å². The van der Waals surface area contributed by atoms with E-state index in [1.807, 2.05) is 104 Å². The number of halogens is 4. The quantitative estimate of drug-likeness (QED) is 0.188. The predicted octanol–water partition coefficient (Wildman–Crippen LogP) is 5.22. The van der Waals surface area contributed by atoms with Crippen LogP contribution in [0.25, 0.3) is 0 Å². The van der Waals surface area contributed by atoms with Crippen molar-refractivity contribution in [3.63, 3.8) is 0 Å². The molecule has 0 unspecified atom stereocenters. The minimum Gasteiger partial charge on any atom is -1.00 e. The van der Waals surface area contributed by atoms with E-state index in [9.17, 15) is 19.5 Å². The van der Waals surface area contributed by atoms with Crippen molar-refractivity contribution in [3.05, 3.63) is 84.7 Å². The monoisotopic (exact) mass is 1120 g/mol. The van der Waals surface area contributed by atoms with Crippen LogP contribution in [0.4, 0.5) is 9.59 Å². The van der Waals surface area contributed by atoms with Gasteiger partial charge in [0.25, 0.3) is 0 Å². The number of benzene rings is 2. The smallest absolute Gasteiger partial charge is 1.00 e. The maximum absolute atomic E-state index is 12.0. The number of carbonyl (C=O) groups is 3. The van der Waals surface area contributed by atoms with Crippen LogP contribution in [0.5, 0.6) is 0 Å². The topological polar surface area (TPSA) is 117 Å². The summed E-state index contributed by atoms with van der Waals surface area (Å²) in [5.41, 5.74) is 0.346. The average molecular weight is 1120 g/mol. The van der Waals surface area contributed by atoms with E-state index in [4.69, 9.17) is 9.47 Å². The first-order chi connectivity index (χ1) is 23.1. The van der Waals surface area contributed by atoms with Gasteiger partial charge in [-0.15, -0.1) is 5.60 Å². The van der Waals surface area contributed by atoms with E-state index < -0.39 is 28.4 Å². The summed E-state index contributed by atoms with van der Waals surface area (Å²) in [5, 5.41) is 16.0. The number of Topliss-reactive ketones (excluding diaryl/α,β-unsaturated/α-hetero) is 1. The third kappa shape index (κ3) is 26.7. The van der Waals surface area contributed by atoms with Gasteiger partial charge >= 0.3 is 63.6 Å². The Morgan fingerprint density at radius 2 is 0.981 bits per heavy atom. The molecule has 54 heavy (non-hydrogen) atoms. The van der Waals surface area contributed by atoms with Crippen molar-refractivity contribution >= 4 is 72.4 Å². The van der Waals surface area contributed by atoms with Crippen molar-refractivity contribution in [2.24, 2.45) is 0 Å². The fourth-order valence-electron chi connectivity index (χ4n) is 4.69. The molecular weight excluding hydrogens is 1060 g/mol.